The van der Waals surface area contributed by atoms with Crippen molar-refractivity contribution in [3.63, 3.8) is 0 Å². The van der Waals surface area contributed by atoms with E-state index in [-0.39, 0.29) is 34.4 Å². The van der Waals surface area contributed by atoms with Gasteiger partial charge in [-0.2, -0.15) is 12.8 Å². The first-order chi connectivity index (χ1) is 16.5. The van der Waals surface area contributed by atoms with E-state index in [1.807, 2.05) is 19.9 Å². The van der Waals surface area contributed by atoms with E-state index in [0.29, 0.717) is 28.1 Å². The molecule has 1 N–H and O–H groups in total. The number of carbonyl (C=O) groups is 2. The van der Waals surface area contributed by atoms with Crippen LogP contribution in [-0.4, -0.2) is 31.5 Å². The minimum Gasteiger partial charge on any atom is -0.326 e. The third-order valence-electron chi connectivity index (χ3n) is 5.83. The van der Waals surface area contributed by atoms with Gasteiger partial charge in [0.2, 0.25) is 11.7 Å². The minimum absolute atomic E-state index is 0.0214. The van der Waals surface area contributed by atoms with Crippen molar-refractivity contribution < 1.29 is 18.0 Å². The van der Waals surface area contributed by atoms with E-state index in [2.05, 4.69) is 14.7 Å². The molecule has 1 amide bonds. The summed E-state index contributed by atoms with van der Waals surface area (Å²) < 4.78 is 30.8. The molecule has 0 heterocycles. The summed E-state index contributed by atoms with van der Waals surface area (Å²) in [5.74, 6) is -0.463. The summed E-state index contributed by atoms with van der Waals surface area (Å²) in [6.07, 6.45) is -0.0214. The van der Waals surface area contributed by atoms with Gasteiger partial charge >= 0.3 is 0 Å². The quantitative estimate of drug-likeness (QED) is 0.552. The van der Waals surface area contributed by atoms with E-state index in [0.717, 1.165) is 11.1 Å². The van der Waals surface area contributed by atoms with Crippen LogP contribution in [0.2, 0.25) is 0 Å². The molecule has 7 nitrogen and oxygen atoms in total. The zero-order chi connectivity index (χ0) is 25.3. The number of anilines is 1. The fraction of sp³-hybridized carbons (Fsp3) is 0.185. The summed E-state index contributed by atoms with van der Waals surface area (Å²) >= 11 is 0. The van der Waals surface area contributed by atoms with Gasteiger partial charge in [0.15, 0.2) is 0 Å². The molecule has 0 aromatic heterocycles. The van der Waals surface area contributed by atoms with Gasteiger partial charge in [-0.25, -0.2) is 4.99 Å². The van der Waals surface area contributed by atoms with Crippen LogP contribution >= 0.6 is 0 Å². The summed E-state index contributed by atoms with van der Waals surface area (Å²) in [5.41, 5.74) is 4.91. The molecule has 3 aromatic carbocycles. The first-order valence-corrected chi connectivity index (χ1v) is 12.5. The Labute approximate surface area is 204 Å². The SMILES string of the molecule is CC(=O)Nc1ccc(N=C2CC(=NS(=O)(=O)c3cc(C)c(C)cc3C)c3ccccc3C2=O)cc1. The van der Waals surface area contributed by atoms with E-state index in [9.17, 15) is 18.0 Å². The van der Waals surface area contributed by atoms with Crippen LogP contribution in [0.15, 0.2) is 74.9 Å². The number of hydrogen-bond acceptors (Lipinski definition) is 5. The molecule has 4 rings (SSSR count). The number of ketones is 1. The molecule has 0 atom stereocenters. The lowest BCUT2D eigenvalue weighted by molar-refractivity contribution is -0.114. The number of hydrogen-bond donors (Lipinski definition) is 1. The number of carbonyl (C=O) groups excluding carboxylic acids is 2. The Kier molecular flexibility index (Phi) is 6.49. The molecule has 0 aliphatic heterocycles. The smallest absolute Gasteiger partial charge is 0.282 e. The van der Waals surface area contributed by atoms with Crippen molar-refractivity contribution in [1.82, 2.24) is 0 Å². The van der Waals surface area contributed by atoms with E-state index < -0.39 is 10.0 Å². The Morgan fingerprint density at radius 2 is 1.49 bits per heavy atom. The number of nitrogens with one attached hydrogen (secondary N) is 1. The molecule has 0 fully saturated rings. The monoisotopic (exact) mass is 487 g/mol. The van der Waals surface area contributed by atoms with Gasteiger partial charge in [-0.15, -0.1) is 0 Å². The summed E-state index contributed by atoms with van der Waals surface area (Å²) in [4.78, 5) is 29.0. The molecular formula is C27H25N3O4S. The van der Waals surface area contributed by atoms with Crippen molar-refractivity contribution in [2.24, 2.45) is 9.39 Å². The number of rotatable bonds is 4. The first kappa shape index (κ1) is 24.2. The molecule has 0 spiro atoms. The van der Waals surface area contributed by atoms with E-state index in [4.69, 9.17) is 0 Å². The summed E-state index contributed by atoms with van der Waals surface area (Å²) in [5, 5.41) is 2.68. The second-order valence-corrected chi connectivity index (χ2v) is 10.1. The zero-order valence-electron chi connectivity index (χ0n) is 19.9. The molecule has 8 heteroatoms. The molecule has 0 unspecified atom stereocenters. The second kappa shape index (κ2) is 9.38. The lowest BCUT2D eigenvalue weighted by Crippen LogP contribution is -2.28. The van der Waals surface area contributed by atoms with Crippen molar-refractivity contribution >= 4 is 44.5 Å². The standard InChI is InChI=1S/C27H25N3O4S/c1-16-13-18(3)26(14-17(16)2)35(33,34)30-24-15-25(27(32)23-8-6-5-7-22(23)24)29-21-11-9-20(10-12-21)28-19(4)31/h5-14H,15H2,1-4H3,(H,28,31). The number of benzene rings is 3. The highest BCUT2D eigenvalue weighted by Gasteiger charge is 2.30. The van der Waals surface area contributed by atoms with Crippen LogP contribution in [0.3, 0.4) is 0 Å². The van der Waals surface area contributed by atoms with Crippen LogP contribution in [0, 0.1) is 20.8 Å². The van der Waals surface area contributed by atoms with Gasteiger partial charge in [-0.3, -0.25) is 9.59 Å². The maximum Gasteiger partial charge on any atom is 0.282 e. The molecule has 178 valence electrons. The molecular weight excluding hydrogens is 462 g/mol. The fourth-order valence-electron chi connectivity index (χ4n) is 3.98. The lowest BCUT2D eigenvalue weighted by Gasteiger charge is -2.19. The summed E-state index contributed by atoms with van der Waals surface area (Å²) in [6.45, 7) is 6.95. The summed E-state index contributed by atoms with van der Waals surface area (Å²) in [6, 6.07) is 17.0. The van der Waals surface area contributed by atoms with Crippen molar-refractivity contribution in [1.29, 1.82) is 0 Å². The van der Waals surface area contributed by atoms with Crippen molar-refractivity contribution in [2.45, 2.75) is 39.0 Å². The molecule has 0 bridgehead atoms. The number of fused-ring (bicyclic) bond motifs is 1. The molecule has 0 saturated carbocycles. The van der Waals surface area contributed by atoms with Gasteiger partial charge in [0.25, 0.3) is 10.0 Å². The largest absolute Gasteiger partial charge is 0.326 e. The number of sulfonamides is 1. The highest BCUT2D eigenvalue weighted by Crippen LogP contribution is 2.27. The number of amides is 1. The van der Waals surface area contributed by atoms with E-state index in [1.165, 1.54) is 6.92 Å². The maximum absolute atomic E-state index is 13.3. The molecule has 1 aliphatic rings. The number of aliphatic imine (C=N–C) groups is 1. The average Bonchev–Trinajstić information content (AvgIpc) is 2.80. The topological polar surface area (TPSA) is 105 Å². The average molecular weight is 488 g/mol. The Morgan fingerprint density at radius 1 is 0.857 bits per heavy atom. The Morgan fingerprint density at radius 3 is 2.14 bits per heavy atom. The molecule has 0 saturated heterocycles. The zero-order valence-corrected chi connectivity index (χ0v) is 20.7. The van der Waals surface area contributed by atoms with Crippen LogP contribution < -0.4 is 5.32 Å². The third kappa shape index (κ3) is 5.12. The normalized spacial score (nSPS) is 15.8. The predicted molar refractivity (Wildman–Crippen MR) is 138 cm³/mol. The van der Waals surface area contributed by atoms with Gasteiger partial charge in [0.05, 0.1) is 22.0 Å². The Bertz CT molecular complexity index is 1520. The van der Waals surface area contributed by atoms with Crippen LogP contribution in [0.25, 0.3) is 0 Å². The Balaban J connectivity index is 1.78. The highest BCUT2D eigenvalue weighted by atomic mass is 32.2. The lowest BCUT2D eigenvalue weighted by atomic mass is 9.87. The fourth-order valence-corrected chi connectivity index (χ4v) is 5.32. The minimum atomic E-state index is -4.02. The first-order valence-electron chi connectivity index (χ1n) is 11.1. The summed E-state index contributed by atoms with van der Waals surface area (Å²) in [7, 11) is -4.02. The number of nitrogens with zero attached hydrogens (tertiary/aromatic N) is 2. The second-order valence-electron chi connectivity index (χ2n) is 8.55. The van der Waals surface area contributed by atoms with Gasteiger partial charge in [-0.1, -0.05) is 30.3 Å². The molecule has 0 radical (unpaired) electrons. The number of Topliss-reactive ketones (excluding diaryl/α,β-unsaturated/α-hetero) is 1. The predicted octanol–water partition coefficient (Wildman–Crippen LogP) is 5.11. The Hall–Kier alpha value is -3.91. The van der Waals surface area contributed by atoms with Gasteiger partial charge < -0.3 is 5.32 Å². The molecule has 35 heavy (non-hydrogen) atoms. The molecule has 3 aromatic rings. The van der Waals surface area contributed by atoms with Gasteiger partial charge in [-0.05, 0) is 67.8 Å². The molecule has 1 aliphatic carbocycles. The van der Waals surface area contributed by atoms with Crippen LogP contribution in [0.5, 0.6) is 0 Å². The van der Waals surface area contributed by atoms with Gasteiger partial charge in [0, 0.05) is 30.2 Å². The van der Waals surface area contributed by atoms with E-state index in [1.54, 1.807) is 61.5 Å². The van der Waals surface area contributed by atoms with Crippen LogP contribution in [-0.2, 0) is 14.8 Å². The van der Waals surface area contributed by atoms with Crippen molar-refractivity contribution in [3.05, 3.63) is 88.5 Å². The van der Waals surface area contributed by atoms with Crippen LogP contribution in [0.1, 0.15) is 46.0 Å². The van der Waals surface area contributed by atoms with Crippen molar-refractivity contribution in [3.8, 4) is 0 Å². The van der Waals surface area contributed by atoms with E-state index >= 15 is 0 Å². The van der Waals surface area contributed by atoms with Crippen molar-refractivity contribution in [2.75, 3.05) is 5.32 Å². The number of aryl methyl sites for hydroxylation is 3. The van der Waals surface area contributed by atoms with Gasteiger partial charge in [0.1, 0.15) is 0 Å². The third-order valence-corrected chi connectivity index (χ3v) is 7.29. The maximum atomic E-state index is 13.3. The highest BCUT2D eigenvalue weighted by molar-refractivity contribution is 7.90. The van der Waals surface area contributed by atoms with Crippen LogP contribution in [0.4, 0.5) is 11.4 Å².